The van der Waals surface area contributed by atoms with E-state index in [4.69, 9.17) is 4.74 Å². The second kappa shape index (κ2) is 10.8. The van der Waals surface area contributed by atoms with Crippen LogP contribution in [0.15, 0.2) is 66.7 Å². The highest BCUT2D eigenvalue weighted by Gasteiger charge is 2.32. The lowest BCUT2D eigenvalue weighted by atomic mass is 9.83. The Morgan fingerprint density at radius 2 is 1.82 bits per heavy atom. The van der Waals surface area contributed by atoms with E-state index in [1.54, 1.807) is 26.2 Å². The first-order chi connectivity index (χ1) is 16.4. The molecular weight excluding hydrogens is 434 g/mol. The van der Waals surface area contributed by atoms with E-state index in [1.807, 2.05) is 36.4 Å². The van der Waals surface area contributed by atoms with Gasteiger partial charge in [-0.1, -0.05) is 36.4 Å². The average molecular weight is 465 g/mol. The zero-order chi connectivity index (χ0) is 24.1. The lowest BCUT2D eigenvalue weighted by Gasteiger charge is -2.37. The molecule has 0 saturated carbocycles. The number of piperidine rings is 1. The normalized spacial score (nSPS) is 18.5. The summed E-state index contributed by atoms with van der Waals surface area (Å²) >= 11 is 0. The number of rotatable bonds is 7. The van der Waals surface area contributed by atoms with Gasteiger partial charge in [-0.2, -0.15) is 0 Å². The van der Waals surface area contributed by atoms with Gasteiger partial charge in [0.05, 0.1) is 13.0 Å². The van der Waals surface area contributed by atoms with Gasteiger partial charge < -0.3 is 10.1 Å². The summed E-state index contributed by atoms with van der Waals surface area (Å²) < 4.78 is 32.6. The number of amides is 1. The van der Waals surface area contributed by atoms with Crippen molar-refractivity contribution in [2.24, 2.45) is 5.92 Å². The van der Waals surface area contributed by atoms with E-state index in [1.165, 1.54) is 18.2 Å². The second-order valence-corrected chi connectivity index (χ2v) is 9.03. The molecule has 2 atom stereocenters. The number of halogens is 2. The summed E-state index contributed by atoms with van der Waals surface area (Å²) in [5.74, 6) is 0.0946. The van der Waals surface area contributed by atoms with Crippen LogP contribution in [0.25, 0.3) is 0 Å². The minimum Gasteiger partial charge on any atom is -0.497 e. The number of carbonyl (C=O) groups is 1. The topological polar surface area (TPSA) is 41.6 Å². The van der Waals surface area contributed by atoms with Gasteiger partial charge >= 0.3 is 0 Å². The molecule has 4 nitrogen and oxygen atoms in total. The van der Waals surface area contributed by atoms with Gasteiger partial charge in [0.2, 0.25) is 5.91 Å². The fraction of sp³-hybridized carbons (Fsp3) is 0.321. The molecule has 1 aliphatic rings. The molecule has 178 valence electrons. The fourth-order valence-corrected chi connectivity index (χ4v) is 4.64. The van der Waals surface area contributed by atoms with Gasteiger partial charge in [0.15, 0.2) is 0 Å². The van der Waals surface area contributed by atoms with Gasteiger partial charge in [-0.3, -0.25) is 9.69 Å². The zero-order valence-electron chi connectivity index (χ0n) is 19.6. The lowest BCUT2D eigenvalue weighted by molar-refractivity contribution is -0.127. The first-order valence-electron chi connectivity index (χ1n) is 11.5. The summed E-state index contributed by atoms with van der Waals surface area (Å²) in [6.45, 7) is 4.16. The van der Waals surface area contributed by atoms with Gasteiger partial charge in [0.25, 0.3) is 0 Å². The number of hydrogen-bond donors (Lipinski definition) is 1. The third-order valence-electron chi connectivity index (χ3n) is 6.47. The van der Waals surface area contributed by atoms with Crippen molar-refractivity contribution in [3.8, 4) is 5.75 Å². The van der Waals surface area contributed by atoms with Crippen molar-refractivity contribution in [2.45, 2.75) is 32.4 Å². The number of carbonyl (C=O) groups excluding carboxylic acids is 1. The number of methoxy groups -OCH3 is 1. The van der Waals surface area contributed by atoms with Crippen molar-refractivity contribution >= 4 is 5.91 Å². The molecule has 0 bridgehead atoms. The number of aryl methyl sites for hydroxylation is 1. The molecule has 1 heterocycles. The van der Waals surface area contributed by atoms with E-state index in [-0.39, 0.29) is 35.9 Å². The monoisotopic (exact) mass is 464 g/mol. The second-order valence-electron chi connectivity index (χ2n) is 9.03. The molecule has 0 unspecified atom stereocenters. The Morgan fingerprint density at radius 3 is 2.53 bits per heavy atom. The molecular formula is C28H30F2N2O2. The summed E-state index contributed by atoms with van der Waals surface area (Å²) in [6, 6.07) is 19.4. The highest BCUT2D eigenvalue weighted by atomic mass is 19.1. The molecule has 1 amide bonds. The van der Waals surface area contributed by atoms with Gasteiger partial charge in [0, 0.05) is 26.2 Å². The predicted molar refractivity (Wildman–Crippen MR) is 129 cm³/mol. The van der Waals surface area contributed by atoms with Crippen LogP contribution in [0, 0.1) is 24.5 Å². The Balaban J connectivity index is 1.50. The van der Waals surface area contributed by atoms with Crippen LogP contribution in [-0.2, 0) is 17.9 Å². The van der Waals surface area contributed by atoms with Gasteiger partial charge in [0.1, 0.15) is 17.4 Å². The van der Waals surface area contributed by atoms with E-state index >= 15 is 0 Å². The maximum absolute atomic E-state index is 13.9. The summed E-state index contributed by atoms with van der Waals surface area (Å²) in [5, 5.41) is 2.98. The minimum atomic E-state index is -0.318. The van der Waals surface area contributed by atoms with Crippen LogP contribution in [0.2, 0.25) is 0 Å². The van der Waals surface area contributed by atoms with Gasteiger partial charge in [-0.15, -0.1) is 0 Å². The number of ether oxygens (including phenoxy) is 1. The van der Waals surface area contributed by atoms with E-state index in [0.29, 0.717) is 25.1 Å². The molecule has 0 aliphatic carbocycles. The minimum absolute atomic E-state index is 0.0486. The number of hydrogen-bond acceptors (Lipinski definition) is 3. The molecule has 0 aromatic heterocycles. The largest absolute Gasteiger partial charge is 0.497 e. The molecule has 4 rings (SSSR count). The molecule has 0 spiro atoms. The van der Waals surface area contributed by atoms with Crippen molar-refractivity contribution in [2.75, 3.05) is 20.2 Å². The number of benzene rings is 3. The van der Waals surface area contributed by atoms with Gasteiger partial charge in [-0.25, -0.2) is 8.78 Å². The lowest BCUT2D eigenvalue weighted by Crippen LogP contribution is -2.45. The van der Waals surface area contributed by atoms with Crippen molar-refractivity contribution < 1.29 is 18.3 Å². The maximum atomic E-state index is 13.9. The van der Waals surface area contributed by atoms with Crippen LogP contribution in [0.3, 0.4) is 0 Å². The van der Waals surface area contributed by atoms with Crippen LogP contribution in [0.4, 0.5) is 8.78 Å². The standard InChI is InChI=1S/C28H30F2N2O2/c1-19-12-22(8-11-27(19)30)23-14-24(28(33)31-15-21-4-3-5-25(29)13-21)18-32(17-23)16-20-6-9-26(34-2)10-7-20/h3-13,23-24H,14-18H2,1-2H3,(H,31,33)/t23-,24-/m0/s1. The van der Waals surface area contributed by atoms with Crippen LogP contribution in [0.5, 0.6) is 5.75 Å². The van der Waals surface area contributed by atoms with E-state index in [0.717, 1.165) is 29.0 Å². The molecule has 1 saturated heterocycles. The predicted octanol–water partition coefficient (Wildman–Crippen LogP) is 5.20. The van der Waals surface area contributed by atoms with Crippen molar-refractivity contribution in [3.63, 3.8) is 0 Å². The molecule has 3 aromatic rings. The third-order valence-corrected chi connectivity index (χ3v) is 6.47. The molecule has 34 heavy (non-hydrogen) atoms. The molecule has 1 N–H and O–H groups in total. The average Bonchev–Trinajstić information content (AvgIpc) is 2.84. The summed E-state index contributed by atoms with van der Waals surface area (Å²) in [5.41, 5.74) is 3.51. The Kier molecular flexibility index (Phi) is 7.58. The number of likely N-dealkylation sites (tertiary alicyclic amines) is 1. The molecule has 3 aromatic carbocycles. The quantitative estimate of drug-likeness (QED) is 0.522. The Morgan fingerprint density at radius 1 is 1.03 bits per heavy atom. The number of nitrogens with zero attached hydrogens (tertiary/aromatic N) is 1. The molecule has 1 fully saturated rings. The fourth-order valence-electron chi connectivity index (χ4n) is 4.64. The van der Waals surface area contributed by atoms with Crippen molar-refractivity contribution in [3.05, 3.63) is 101 Å². The van der Waals surface area contributed by atoms with Gasteiger partial charge in [-0.05, 0) is 71.8 Å². The van der Waals surface area contributed by atoms with Crippen LogP contribution in [-0.4, -0.2) is 31.0 Å². The first-order valence-corrected chi connectivity index (χ1v) is 11.5. The Labute approximate surface area is 199 Å². The van der Waals surface area contributed by atoms with Crippen LogP contribution < -0.4 is 10.1 Å². The molecule has 0 radical (unpaired) electrons. The maximum Gasteiger partial charge on any atom is 0.224 e. The zero-order valence-corrected chi connectivity index (χ0v) is 19.6. The molecule has 6 heteroatoms. The summed E-state index contributed by atoms with van der Waals surface area (Å²) in [7, 11) is 1.64. The highest BCUT2D eigenvalue weighted by Crippen LogP contribution is 2.32. The summed E-state index contributed by atoms with van der Waals surface area (Å²) in [6.07, 6.45) is 0.680. The highest BCUT2D eigenvalue weighted by molar-refractivity contribution is 5.79. The summed E-state index contributed by atoms with van der Waals surface area (Å²) in [4.78, 5) is 15.4. The third kappa shape index (κ3) is 6.00. The van der Waals surface area contributed by atoms with E-state index < -0.39 is 0 Å². The number of nitrogens with one attached hydrogen (secondary N) is 1. The SMILES string of the molecule is COc1ccc(CN2C[C@@H](C(=O)NCc3cccc(F)c3)C[C@H](c3ccc(F)c(C)c3)C2)cc1. The van der Waals surface area contributed by atoms with E-state index in [2.05, 4.69) is 10.2 Å². The Bertz CT molecular complexity index is 1130. The van der Waals surface area contributed by atoms with Crippen LogP contribution >= 0.6 is 0 Å². The Hall–Kier alpha value is -3.25. The first kappa shape index (κ1) is 23.9. The van der Waals surface area contributed by atoms with Crippen LogP contribution in [0.1, 0.15) is 34.6 Å². The van der Waals surface area contributed by atoms with Crippen molar-refractivity contribution in [1.82, 2.24) is 10.2 Å². The van der Waals surface area contributed by atoms with E-state index in [9.17, 15) is 13.6 Å². The molecule has 1 aliphatic heterocycles. The smallest absolute Gasteiger partial charge is 0.224 e. The van der Waals surface area contributed by atoms with Crippen molar-refractivity contribution in [1.29, 1.82) is 0 Å².